The van der Waals surface area contributed by atoms with Crippen LogP contribution in [0.15, 0.2) is 77.7 Å². The largest absolute Gasteiger partial charge is 0.481 e. The predicted octanol–water partition coefficient (Wildman–Crippen LogP) is 5.91. The first-order valence-corrected chi connectivity index (χ1v) is 14.8. The number of carbonyl (C=O) groups is 3. The molecular weight excluding hydrogens is 556 g/mol. The van der Waals surface area contributed by atoms with Gasteiger partial charge in [-0.3, -0.25) is 14.4 Å². The zero-order chi connectivity index (χ0) is 30.1. The van der Waals surface area contributed by atoms with E-state index in [1.807, 2.05) is 60.7 Å². The number of thioether (sulfide) groups is 1. The maximum atomic E-state index is 12.2. The van der Waals surface area contributed by atoms with Gasteiger partial charge in [0.1, 0.15) is 0 Å². The van der Waals surface area contributed by atoms with Crippen LogP contribution >= 0.6 is 11.8 Å². The molecule has 1 aliphatic rings. The molecular formula is C32H36N2O7S. The van der Waals surface area contributed by atoms with Crippen LogP contribution in [-0.4, -0.2) is 39.9 Å². The number of rotatable bonds is 12. The monoisotopic (exact) mass is 592 g/mol. The van der Waals surface area contributed by atoms with Gasteiger partial charge >= 0.3 is 5.97 Å². The number of aliphatic carboxylic acids is 1. The molecule has 0 bridgehead atoms. The lowest BCUT2D eigenvalue weighted by molar-refractivity contribution is -0.268. The SMILES string of the molecule is CC(=O)Nc1ccc(SC[C@H]2O[C@@H](c3ccc(NC(=O)CCCC(=O)O)cc3)O[C@@H](c3ccc(CO)cc3)[C@H]2C)cc1. The van der Waals surface area contributed by atoms with Crippen LogP contribution in [0.2, 0.25) is 0 Å². The van der Waals surface area contributed by atoms with Gasteiger partial charge in [-0.1, -0.05) is 43.3 Å². The summed E-state index contributed by atoms with van der Waals surface area (Å²) >= 11 is 1.67. The van der Waals surface area contributed by atoms with E-state index in [1.54, 1.807) is 23.9 Å². The lowest BCUT2D eigenvalue weighted by Gasteiger charge is -2.41. The first-order chi connectivity index (χ1) is 20.2. The zero-order valence-electron chi connectivity index (χ0n) is 23.6. The molecule has 1 fully saturated rings. The highest BCUT2D eigenvalue weighted by molar-refractivity contribution is 7.99. The molecule has 0 saturated carbocycles. The van der Waals surface area contributed by atoms with Gasteiger partial charge in [-0.05, 0) is 53.9 Å². The van der Waals surface area contributed by atoms with Crippen LogP contribution in [0.5, 0.6) is 0 Å². The van der Waals surface area contributed by atoms with Crippen LogP contribution in [0.3, 0.4) is 0 Å². The molecule has 1 saturated heterocycles. The van der Waals surface area contributed by atoms with Crippen LogP contribution in [-0.2, 0) is 30.5 Å². The maximum Gasteiger partial charge on any atom is 0.303 e. The van der Waals surface area contributed by atoms with Gasteiger partial charge in [-0.15, -0.1) is 11.8 Å². The first kappa shape index (κ1) is 31.2. The van der Waals surface area contributed by atoms with Crippen LogP contribution in [0.4, 0.5) is 11.4 Å². The molecule has 222 valence electrons. The molecule has 3 aromatic rings. The van der Waals surface area contributed by atoms with Gasteiger partial charge in [-0.25, -0.2) is 0 Å². The smallest absolute Gasteiger partial charge is 0.303 e. The predicted molar refractivity (Wildman–Crippen MR) is 161 cm³/mol. The zero-order valence-corrected chi connectivity index (χ0v) is 24.4. The normalized spacial score (nSPS) is 20.1. The third-order valence-electron chi connectivity index (χ3n) is 6.97. The lowest BCUT2D eigenvalue weighted by Crippen LogP contribution is -2.38. The number of carbonyl (C=O) groups excluding carboxylic acids is 2. The van der Waals surface area contributed by atoms with Crippen LogP contribution < -0.4 is 10.6 Å². The number of carboxylic acid groups (broad SMARTS) is 1. The number of ether oxygens (including phenoxy) is 2. The van der Waals surface area contributed by atoms with Crippen molar-refractivity contribution in [3.05, 3.63) is 89.5 Å². The summed E-state index contributed by atoms with van der Waals surface area (Å²) in [7, 11) is 0. The quantitative estimate of drug-likeness (QED) is 0.191. The van der Waals surface area contributed by atoms with Crippen molar-refractivity contribution in [3.8, 4) is 0 Å². The van der Waals surface area contributed by atoms with Crippen LogP contribution in [0.25, 0.3) is 0 Å². The van der Waals surface area contributed by atoms with Gasteiger partial charge < -0.3 is 30.3 Å². The minimum Gasteiger partial charge on any atom is -0.481 e. The van der Waals surface area contributed by atoms with Crippen molar-refractivity contribution in [3.63, 3.8) is 0 Å². The number of hydrogen-bond acceptors (Lipinski definition) is 7. The van der Waals surface area contributed by atoms with E-state index in [2.05, 4.69) is 17.6 Å². The van der Waals surface area contributed by atoms with Crippen LogP contribution in [0.1, 0.15) is 62.2 Å². The molecule has 0 aliphatic carbocycles. The average Bonchev–Trinajstić information content (AvgIpc) is 2.97. The Morgan fingerprint density at radius 1 is 0.833 bits per heavy atom. The number of benzene rings is 3. The molecule has 2 amide bonds. The fraction of sp³-hybridized carbons (Fsp3) is 0.344. The van der Waals surface area contributed by atoms with Crippen molar-refractivity contribution in [2.45, 2.75) is 63.1 Å². The second kappa shape index (κ2) is 15.0. The standard InChI is InChI=1S/C32H36N2O7S/c1-20-28(19-42-27-16-14-25(15-17-27)33-21(2)36)40-32(41-31(20)23-8-6-22(18-35)7-9-23)24-10-12-26(13-11-24)34-29(37)4-3-5-30(38)39/h6-17,20,28,31-32,35H,3-5,18-19H2,1-2H3,(H,33,36)(H,34,37)(H,38,39)/t20-,28+,31+,32+/m0/s1. The van der Waals surface area contributed by atoms with Gasteiger partial charge in [0.15, 0.2) is 6.29 Å². The molecule has 0 radical (unpaired) electrons. The minimum absolute atomic E-state index is 0.0248. The summed E-state index contributed by atoms with van der Waals surface area (Å²) in [6.07, 6.45) is -0.685. The Kier molecular flexibility index (Phi) is 11.1. The maximum absolute atomic E-state index is 12.2. The highest BCUT2D eigenvalue weighted by atomic mass is 32.2. The van der Waals surface area contributed by atoms with Gasteiger partial charge in [0.2, 0.25) is 11.8 Å². The Bertz CT molecular complexity index is 1350. The summed E-state index contributed by atoms with van der Waals surface area (Å²) in [6.45, 7) is 3.55. The molecule has 4 rings (SSSR count). The molecule has 1 aliphatic heterocycles. The van der Waals surface area contributed by atoms with E-state index < -0.39 is 12.3 Å². The average molecular weight is 593 g/mol. The third-order valence-corrected chi connectivity index (χ3v) is 8.07. The molecule has 0 unspecified atom stereocenters. The summed E-state index contributed by atoms with van der Waals surface area (Å²) in [5.41, 5.74) is 3.97. The van der Waals surface area contributed by atoms with Crippen LogP contribution in [0, 0.1) is 5.92 Å². The molecule has 42 heavy (non-hydrogen) atoms. The van der Waals surface area contributed by atoms with E-state index in [0.717, 1.165) is 27.3 Å². The Hall–Kier alpha value is -3.70. The Morgan fingerprint density at radius 2 is 1.45 bits per heavy atom. The fourth-order valence-electron chi connectivity index (χ4n) is 4.67. The number of carboxylic acids is 1. The highest BCUT2D eigenvalue weighted by Gasteiger charge is 2.38. The molecule has 4 N–H and O–H groups in total. The third kappa shape index (κ3) is 8.90. The minimum atomic E-state index is -0.923. The van der Waals surface area contributed by atoms with Gasteiger partial charge in [-0.2, -0.15) is 0 Å². The van der Waals surface area contributed by atoms with Crippen molar-refractivity contribution < 1.29 is 34.1 Å². The van der Waals surface area contributed by atoms with Crippen molar-refractivity contribution in [1.29, 1.82) is 0 Å². The number of hydrogen-bond donors (Lipinski definition) is 4. The van der Waals surface area contributed by atoms with E-state index in [-0.39, 0.29) is 55.8 Å². The molecule has 0 aromatic heterocycles. The topological polar surface area (TPSA) is 134 Å². The van der Waals surface area contributed by atoms with Gasteiger partial charge in [0, 0.05) is 53.3 Å². The number of aliphatic hydroxyl groups excluding tert-OH is 1. The van der Waals surface area contributed by atoms with Crippen molar-refractivity contribution in [2.24, 2.45) is 5.92 Å². The van der Waals surface area contributed by atoms with Gasteiger partial charge in [0.25, 0.3) is 0 Å². The molecule has 4 atom stereocenters. The summed E-state index contributed by atoms with van der Waals surface area (Å²) in [4.78, 5) is 35.2. The van der Waals surface area contributed by atoms with Crippen molar-refractivity contribution in [2.75, 3.05) is 16.4 Å². The summed E-state index contributed by atoms with van der Waals surface area (Å²) < 4.78 is 13.0. The number of amides is 2. The summed E-state index contributed by atoms with van der Waals surface area (Å²) in [5.74, 6) is -0.576. The van der Waals surface area contributed by atoms with E-state index in [9.17, 15) is 19.5 Å². The summed E-state index contributed by atoms with van der Waals surface area (Å²) in [6, 6.07) is 22.7. The van der Waals surface area contributed by atoms with E-state index in [4.69, 9.17) is 14.6 Å². The first-order valence-electron chi connectivity index (χ1n) is 13.8. The van der Waals surface area contributed by atoms with Crippen molar-refractivity contribution in [1.82, 2.24) is 0 Å². The van der Waals surface area contributed by atoms with E-state index in [1.165, 1.54) is 6.92 Å². The number of aliphatic hydroxyl groups is 1. The lowest BCUT2D eigenvalue weighted by atomic mass is 9.91. The Morgan fingerprint density at radius 3 is 2.07 bits per heavy atom. The second-order valence-electron chi connectivity index (χ2n) is 10.3. The van der Waals surface area contributed by atoms with E-state index >= 15 is 0 Å². The second-order valence-corrected chi connectivity index (χ2v) is 11.3. The number of anilines is 2. The molecule has 10 heteroatoms. The highest BCUT2D eigenvalue weighted by Crippen LogP contribution is 2.43. The summed E-state index contributed by atoms with van der Waals surface area (Å²) in [5, 5.41) is 23.8. The molecule has 9 nitrogen and oxygen atoms in total. The Labute approximate surface area is 249 Å². The Balaban J connectivity index is 1.47. The van der Waals surface area contributed by atoms with Crippen molar-refractivity contribution >= 4 is 40.9 Å². The van der Waals surface area contributed by atoms with Gasteiger partial charge in [0.05, 0.1) is 18.8 Å². The number of nitrogens with one attached hydrogen (secondary N) is 2. The van der Waals surface area contributed by atoms with E-state index in [0.29, 0.717) is 11.4 Å². The molecule has 0 spiro atoms. The fourth-order valence-corrected chi connectivity index (χ4v) is 5.74. The molecule has 3 aromatic carbocycles. The molecule has 1 heterocycles.